The molecule has 0 spiro atoms. The number of aliphatic hydroxyl groups is 2. The van der Waals surface area contributed by atoms with Crippen molar-refractivity contribution >= 4 is 13.9 Å². The van der Waals surface area contributed by atoms with E-state index in [1.54, 1.807) is 13.2 Å². The molecule has 260 valence electrons. The fraction of sp³-hybridized carbons (Fsp3) is 0.743. The molecule has 1 aliphatic heterocycles. The Balaban J connectivity index is 1.74. The molecule has 3 aliphatic rings. The Hall–Kier alpha value is -1.67. The summed E-state index contributed by atoms with van der Waals surface area (Å²) >= 11 is 0. The number of benzene rings is 1. The van der Waals surface area contributed by atoms with Gasteiger partial charge in [-0.25, -0.2) is 0 Å². The van der Waals surface area contributed by atoms with Gasteiger partial charge in [-0.3, -0.25) is 4.79 Å². The van der Waals surface area contributed by atoms with Crippen LogP contribution in [0.2, 0.25) is 25.7 Å². The van der Waals surface area contributed by atoms with Gasteiger partial charge in [-0.2, -0.15) is 0 Å². The van der Waals surface area contributed by atoms with Crippen LogP contribution in [0.5, 0.6) is 5.75 Å². The number of ketones is 1. The van der Waals surface area contributed by atoms with Gasteiger partial charge in [0.2, 0.25) is 0 Å². The highest BCUT2D eigenvalue weighted by Crippen LogP contribution is 2.57. The fourth-order valence-electron chi connectivity index (χ4n) is 7.67. The minimum atomic E-state index is -1.46. The van der Waals surface area contributed by atoms with E-state index in [1.165, 1.54) is 7.11 Å². The smallest absolute Gasteiger partial charge is 0.184 e. The highest BCUT2D eigenvalue weighted by atomic mass is 28.3. The summed E-state index contributed by atoms with van der Waals surface area (Å²) in [6.07, 6.45) is -0.892. The largest absolute Gasteiger partial charge is 0.497 e. The second kappa shape index (κ2) is 14.8. The summed E-state index contributed by atoms with van der Waals surface area (Å²) in [5.41, 5.74) is -2.78. The van der Waals surface area contributed by atoms with Crippen molar-refractivity contribution in [3.8, 4) is 5.75 Å². The third-order valence-electron chi connectivity index (χ3n) is 10.8. The van der Waals surface area contributed by atoms with Gasteiger partial charge >= 0.3 is 0 Å². The molecule has 1 heterocycles. The van der Waals surface area contributed by atoms with E-state index in [0.29, 0.717) is 25.2 Å². The molecule has 11 heteroatoms. The minimum Gasteiger partial charge on any atom is -0.497 e. The Morgan fingerprint density at radius 3 is 2.41 bits per heavy atom. The molecule has 2 N–H and O–H groups in total. The SMILES string of the molecule is C=C[C@H]1O[C@@H](c2ccc(OC)cc2)OC[C@@]1(OCOCC[Si](C)(C)C)[C@H]1C[C@H](O)[C@]2(O)CC[C@H]([C@@H](OCOC)C(=O)[C@H]1C)C2(C)C. The van der Waals surface area contributed by atoms with E-state index in [2.05, 4.69) is 26.2 Å². The summed E-state index contributed by atoms with van der Waals surface area (Å²) in [7, 11) is 1.77. The molecule has 1 saturated heterocycles. The highest BCUT2D eigenvalue weighted by Gasteiger charge is 2.64. The molecular weight excluding hydrogens is 608 g/mol. The Morgan fingerprint density at radius 2 is 1.80 bits per heavy atom. The van der Waals surface area contributed by atoms with Crippen molar-refractivity contribution in [2.75, 3.05) is 41.0 Å². The number of fused-ring (bicyclic) bond motifs is 2. The Bertz CT molecular complexity index is 1170. The molecule has 9 atom stereocenters. The normalized spacial score (nSPS) is 36.5. The van der Waals surface area contributed by atoms with Gasteiger partial charge in [-0.1, -0.05) is 58.6 Å². The molecule has 2 saturated carbocycles. The van der Waals surface area contributed by atoms with Crippen LogP contribution in [-0.2, 0) is 33.2 Å². The van der Waals surface area contributed by atoms with Crippen molar-refractivity contribution in [3.63, 3.8) is 0 Å². The first-order valence-electron chi connectivity index (χ1n) is 16.4. The van der Waals surface area contributed by atoms with E-state index in [-0.39, 0.29) is 38.3 Å². The predicted octanol–water partition coefficient (Wildman–Crippen LogP) is 5.11. The molecule has 2 aliphatic carbocycles. The van der Waals surface area contributed by atoms with E-state index < -0.39 is 61.1 Å². The zero-order chi connectivity index (χ0) is 33.9. The first-order valence-corrected chi connectivity index (χ1v) is 20.2. The topological polar surface area (TPSA) is 122 Å². The summed E-state index contributed by atoms with van der Waals surface area (Å²) in [6, 6.07) is 8.38. The van der Waals surface area contributed by atoms with Crippen molar-refractivity contribution in [2.45, 2.75) is 102 Å². The van der Waals surface area contributed by atoms with Crippen molar-refractivity contribution in [2.24, 2.45) is 23.2 Å². The maximum Gasteiger partial charge on any atom is 0.184 e. The minimum absolute atomic E-state index is 0.0294. The summed E-state index contributed by atoms with van der Waals surface area (Å²) in [5.74, 6) is -1.10. The zero-order valence-electron chi connectivity index (χ0n) is 29.0. The van der Waals surface area contributed by atoms with Gasteiger partial charge in [0.05, 0.1) is 25.4 Å². The van der Waals surface area contributed by atoms with Crippen LogP contribution in [0.4, 0.5) is 0 Å². The third kappa shape index (κ3) is 7.33. The number of hydrogen-bond acceptors (Lipinski definition) is 10. The lowest BCUT2D eigenvalue weighted by Gasteiger charge is -2.51. The average Bonchev–Trinajstić information content (AvgIpc) is 3.27. The molecule has 0 unspecified atom stereocenters. The monoisotopic (exact) mass is 664 g/mol. The lowest BCUT2D eigenvalue weighted by Crippen LogP contribution is -2.62. The van der Waals surface area contributed by atoms with Crippen LogP contribution >= 0.6 is 0 Å². The molecule has 2 bridgehead atoms. The number of carbonyl (C=O) groups excluding carboxylic acids is 1. The van der Waals surface area contributed by atoms with Gasteiger partial charge in [-0.15, -0.1) is 6.58 Å². The lowest BCUT2D eigenvalue weighted by molar-refractivity contribution is -0.326. The van der Waals surface area contributed by atoms with Gasteiger partial charge in [0.25, 0.3) is 0 Å². The second-order valence-corrected chi connectivity index (χ2v) is 20.6. The summed E-state index contributed by atoms with van der Waals surface area (Å²) in [6.45, 7) is 17.0. The standard InChI is InChI=1S/C35H56O10Si/c1-10-29-34(44-22-41-17-18-46(7,8)9,20-42-32(45-29)24-11-13-25(40-6)14-12-24)27-19-28(36)35(38)16-15-26(33(35,3)4)31(43-21-39-5)30(37)23(27)2/h10-14,23,26-29,31-32,36,38H,1,15-22H2,2-9H3/t23-,26+,27-,28-,29+,31+,32-,34+,35+/m0/s1. The number of methoxy groups -OCH3 is 2. The van der Waals surface area contributed by atoms with Crippen molar-refractivity contribution in [1.82, 2.24) is 0 Å². The summed E-state index contributed by atoms with van der Waals surface area (Å²) in [4.78, 5) is 14.5. The Labute approximate surface area is 275 Å². The Kier molecular flexibility index (Phi) is 12.0. The number of carbonyl (C=O) groups is 1. The molecule has 0 aromatic heterocycles. The molecule has 0 radical (unpaired) electrons. The van der Waals surface area contributed by atoms with Crippen LogP contribution in [0.15, 0.2) is 36.9 Å². The average molecular weight is 665 g/mol. The van der Waals surface area contributed by atoms with Crippen LogP contribution in [0.3, 0.4) is 0 Å². The van der Waals surface area contributed by atoms with E-state index in [0.717, 1.165) is 11.6 Å². The van der Waals surface area contributed by atoms with Gasteiger partial charge in [0.1, 0.15) is 37.1 Å². The quantitative estimate of drug-likeness (QED) is 0.127. The lowest BCUT2D eigenvalue weighted by atomic mass is 9.67. The predicted molar refractivity (Wildman–Crippen MR) is 176 cm³/mol. The maximum atomic E-state index is 14.5. The maximum absolute atomic E-state index is 14.5. The molecule has 1 aromatic rings. The van der Waals surface area contributed by atoms with Gasteiger partial charge < -0.3 is 43.4 Å². The zero-order valence-corrected chi connectivity index (χ0v) is 30.0. The number of ether oxygens (including phenoxy) is 7. The molecule has 1 aromatic carbocycles. The Morgan fingerprint density at radius 1 is 1.11 bits per heavy atom. The summed E-state index contributed by atoms with van der Waals surface area (Å²) in [5, 5.41) is 24.1. The number of Topliss-reactive ketones (excluding diaryl/α,β-unsaturated/α-hetero) is 1. The van der Waals surface area contributed by atoms with Crippen molar-refractivity contribution in [1.29, 1.82) is 0 Å². The van der Waals surface area contributed by atoms with E-state index in [9.17, 15) is 15.0 Å². The van der Waals surface area contributed by atoms with E-state index >= 15 is 0 Å². The van der Waals surface area contributed by atoms with Crippen molar-refractivity contribution in [3.05, 3.63) is 42.5 Å². The van der Waals surface area contributed by atoms with Crippen LogP contribution in [0, 0.1) is 23.2 Å². The number of aliphatic hydroxyl groups excluding tert-OH is 1. The van der Waals surface area contributed by atoms with Crippen molar-refractivity contribution < 1.29 is 48.2 Å². The van der Waals surface area contributed by atoms with Crippen LogP contribution < -0.4 is 4.74 Å². The van der Waals surface area contributed by atoms with Crippen LogP contribution in [0.25, 0.3) is 0 Å². The summed E-state index contributed by atoms with van der Waals surface area (Å²) < 4.78 is 42.3. The van der Waals surface area contributed by atoms with Crippen LogP contribution in [-0.4, -0.2) is 94.6 Å². The first-order chi connectivity index (χ1) is 21.6. The number of rotatable bonds is 13. The first kappa shape index (κ1) is 37.2. The van der Waals surface area contributed by atoms with Gasteiger partial charge in [0, 0.05) is 50.5 Å². The highest BCUT2D eigenvalue weighted by molar-refractivity contribution is 6.76. The molecule has 46 heavy (non-hydrogen) atoms. The fourth-order valence-corrected chi connectivity index (χ4v) is 8.42. The molecule has 4 rings (SSSR count). The molecule has 10 nitrogen and oxygen atoms in total. The van der Waals surface area contributed by atoms with Gasteiger partial charge in [0.15, 0.2) is 12.1 Å². The molecule has 0 amide bonds. The second-order valence-electron chi connectivity index (χ2n) is 15.0. The third-order valence-corrected chi connectivity index (χ3v) is 12.5. The molecular formula is C35H56O10Si. The van der Waals surface area contributed by atoms with E-state index in [4.69, 9.17) is 33.2 Å². The van der Waals surface area contributed by atoms with Gasteiger partial charge in [-0.05, 0) is 37.4 Å². The van der Waals surface area contributed by atoms with E-state index in [1.807, 2.05) is 45.0 Å². The molecule has 3 fully saturated rings. The van der Waals surface area contributed by atoms with Crippen LogP contribution in [0.1, 0.15) is 51.9 Å². The number of hydrogen-bond donors (Lipinski definition) is 2.